The van der Waals surface area contributed by atoms with Gasteiger partial charge >= 0.3 is 0 Å². The summed E-state index contributed by atoms with van der Waals surface area (Å²) in [6, 6.07) is 0. The average molecular weight is 377 g/mol. The Morgan fingerprint density at radius 2 is 1.81 bits per heavy atom. The van der Waals surface area contributed by atoms with Crippen LogP contribution < -0.4 is 5.32 Å². The maximum atomic E-state index is 13.6. The number of aliphatic hydroxyl groups is 1. The molecule has 5 aliphatic rings. The highest BCUT2D eigenvalue weighted by Gasteiger charge is 2.64. The van der Waals surface area contributed by atoms with E-state index in [2.05, 4.69) is 31.1 Å². The summed E-state index contributed by atoms with van der Waals surface area (Å²) in [5.74, 6) is 0.788. The Labute approximate surface area is 165 Å². The van der Waals surface area contributed by atoms with Crippen molar-refractivity contribution in [2.75, 3.05) is 20.1 Å². The van der Waals surface area contributed by atoms with Crippen LogP contribution in [0.4, 0.5) is 0 Å². The first-order valence-corrected chi connectivity index (χ1v) is 11.5. The lowest BCUT2D eigenvalue weighted by Gasteiger charge is -2.64. The summed E-state index contributed by atoms with van der Waals surface area (Å²) in [6.45, 7) is 6.29. The Bertz CT molecular complexity index is 587. The second kappa shape index (κ2) is 6.73. The van der Waals surface area contributed by atoms with Crippen LogP contribution in [0.5, 0.6) is 0 Å². The molecule has 0 aromatic carbocycles. The number of hydrogen-bond donors (Lipinski definition) is 2. The molecule has 5 aliphatic carbocycles. The Hall–Kier alpha value is -0.610. The van der Waals surface area contributed by atoms with Crippen molar-refractivity contribution >= 4 is 5.91 Å². The van der Waals surface area contributed by atoms with Crippen LogP contribution in [0.25, 0.3) is 0 Å². The molecule has 1 amide bonds. The topological polar surface area (TPSA) is 52.6 Å². The fourth-order valence-corrected chi connectivity index (χ4v) is 7.90. The number of nitrogens with zero attached hydrogens (tertiary/aromatic N) is 1. The highest BCUT2D eigenvalue weighted by Crippen LogP contribution is 2.67. The van der Waals surface area contributed by atoms with Gasteiger partial charge in [-0.3, -0.25) is 9.69 Å². The summed E-state index contributed by atoms with van der Waals surface area (Å²) in [6.07, 6.45) is 13.1. The summed E-state index contributed by atoms with van der Waals surface area (Å²) in [4.78, 5) is 16.0. The third kappa shape index (κ3) is 3.25. The molecule has 5 rings (SSSR count). The molecule has 5 saturated carbocycles. The zero-order chi connectivity index (χ0) is 19.3. The fraction of sp³-hybridized carbons (Fsp3) is 0.957. The van der Waals surface area contributed by atoms with Crippen LogP contribution in [0.3, 0.4) is 0 Å². The molecular formula is C23H40N2O2. The monoisotopic (exact) mass is 376 g/mol. The van der Waals surface area contributed by atoms with Crippen molar-refractivity contribution in [1.29, 1.82) is 0 Å². The van der Waals surface area contributed by atoms with E-state index in [1.165, 1.54) is 38.5 Å². The molecule has 0 saturated heterocycles. The van der Waals surface area contributed by atoms with Gasteiger partial charge in [0.15, 0.2) is 0 Å². The van der Waals surface area contributed by atoms with E-state index in [9.17, 15) is 9.90 Å². The Morgan fingerprint density at radius 1 is 1.07 bits per heavy atom. The molecule has 0 heterocycles. The SMILES string of the molecule is CCN(C)C1(CNC(=O)C23CC4CC(O)(CC(CC)(C4)C2)C3)CCCCC1. The van der Waals surface area contributed by atoms with Crippen LogP contribution in [0.2, 0.25) is 0 Å². The van der Waals surface area contributed by atoms with Crippen molar-refractivity contribution in [2.45, 2.75) is 102 Å². The summed E-state index contributed by atoms with van der Waals surface area (Å²) in [5.41, 5.74) is -0.571. The molecule has 0 radical (unpaired) electrons. The predicted molar refractivity (Wildman–Crippen MR) is 108 cm³/mol. The first-order valence-electron chi connectivity index (χ1n) is 11.5. The number of likely N-dealkylation sites (N-methyl/N-ethyl adjacent to an activating group) is 1. The highest BCUT2D eigenvalue weighted by atomic mass is 16.3. The van der Waals surface area contributed by atoms with Crippen LogP contribution in [-0.2, 0) is 4.79 Å². The summed E-state index contributed by atoms with van der Waals surface area (Å²) < 4.78 is 0. The molecule has 2 N–H and O–H groups in total. The number of nitrogens with one attached hydrogen (secondary N) is 1. The number of hydrogen-bond acceptors (Lipinski definition) is 3. The molecule has 4 nitrogen and oxygen atoms in total. The van der Waals surface area contributed by atoms with Gasteiger partial charge in [0, 0.05) is 12.1 Å². The van der Waals surface area contributed by atoms with Gasteiger partial charge in [-0.05, 0) is 76.3 Å². The van der Waals surface area contributed by atoms with Gasteiger partial charge in [0.05, 0.1) is 11.0 Å². The molecule has 27 heavy (non-hydrogen) atoms. The largest absolute Gasteiger partial charge is 0.390 e. The van der Waals surface area contributed by atoms with Gasteiger partial charge in [-0.25, -0.2) is 0 Å². The minimum Gasteiger partial charge on any atom is -0.390 e. The summed E-state index contributed by atoms with van der Waals surface area (Å²) in [5, 5.41) is 14.7. The van der Waals surface area contributed by atoms with Crippen LogP contribution in [0, 0.1) is 16.7 Å². The Balaban J connectivity index is 1.51. The van der Waals surface area contributed by atoms with Crippen molar-refractivity contribution in [3.05, 3.63) is 0 Å². The molecule has 4 atom stereocenters. The highest BCUT2D eigenvalue weighted by molar-refractivity contribution is 5.83. The van der Waals surface area contributed by atoms with Crippen molar-refractivity contribution in [2.24, 2.45) is 16.7 Å². The van der Waals surface area contributed by atoms with Crippen molar-refractivity contribution in [1.82, 2.24) is 10.2 Å². The maximum Gasteiger partial charge on any atom is 0.226 e. The fourth-order valence-electron chi connectivity index (χ4n) is 7.90. The lowest BCUT2D eigenvalue weighted by molar-refractivity contribution is -0.204. The summed E-state index contributed by atoms with van der Waals surface area (Å²) >= 11 is 0. The lowest BCUT2D eigenvalue weighted by atomic mass is 9.42. The zero-order valence-electron chi connectivity index (χ0n) is 17.8. The first-order chi connectivity index (χ1) is 12.8. The smallest absolute Gasteiger partial charge is 0.226 e. The van der Waals surface area contributed by atoms with E-state index in [0.29, 0.717) is 12.3 Å². The van der Waals surface area contributed by atoms with Crippen LogP contribution >= 0.6 is 0 Å². The summed E-state index contributed by atoms with van der Waals surface area (Å²) in [7, 11) is 2.22. The van der Waals surface area contributed by atoms with E-state index in [1.807, 2.05) is 0 Å². The molecule has 4 unspecified atom stereocenters. The molecule has 0 spiro atoms. The van der Waals surface area contributed by atoms with Crippen molar-refractivity contribution in [3.63, 3.8) is 0 Å². The van der Waals surface area contributed by atoms with E-state index >= 15 is 0 Å². The molecule has 0 aromatic heterocycles. The minimum atomic E-state index is -0.588. The molecule has 0 aromatic rings. The molecule has 154 valence electrons. The van der Waals surface area contributed by atoms with Gasteiger partial charge in [-0.15, -0.1) is 0 Å². The number of carbonyl (C=O) groups is 1. The standard InChI is InChI=1S/C23H40N2O2/c1-4-20-11-18-12-21(14-20,16-23(27,13-18)15-20)19(26)24-17-22(25(3)5-2)9-7-6-8-10-22/h18,27H,4-17H2,1-3H3,(H,24,26). The third-order valence-electron chi connectivity index (χ3n) is 9.03. The van der Waals surface area contributed by atoms with E-state index in [-0.39, 0.29) is 22.3 Å². The Kier molecular flexibility index (Phi) is 4.91. The van der Waals surface area contributed by atoms with E-state index < -0.39 is 5.60 Å². The maximum absolute atomic E-state index is 13.6. The molecule has 4 bridgehead atoms. The predicted octanol–water partition coefficient (Wildman–Crippen LogP) is 3.87. The van der Waals surface area contributed by atoms with Crippen LogP contribution in [0.1, 0.15) is 90.9 Å². The average Bonchev–Trinajstić information content (AvgIpc) is 2.64. The zero-order valence-corrected chi connectivity index (χ0v) is 17.8. The molecule has 5 fully saturated rings. The molecular weight excluding hydrogens is 336 g/mol. The number of rotatable bonds is 6. The van der Waals surface area contributed by atoms with Gasteiger partial charge in [-0.2, -0.15) is 0 Å². The van der Waals surface area contributed by atoms with Crippen LogP contribution in [0.15, 0.2) is 0 Å². The van der Waals surface area contributed by atoms with Gasteiger partial charge in [0.2, 0.25) is 5.91 Å². The second-order valence-corrected chi connectivity index (χ2v) is 10.8. The van der Waals surface area contributed by atoms with Gasteiger partial charge in [-0.1, -0.05) is 39.5 Å². The van der Waals surface area contributed by atoms with Gasteiger partial charge in [0.1, 0.15) is 0 Å². The van der Waals surface area contributed by atoms with E-state index in [0.717, 1.165) is 45.2 Å². The molecule has 0 aliphatic heterocycles. The van der Waals surface area contributed by atoms with Crippen LogP contribution in [-0.4, -0.2) is 47.2 Å². The minimum absolute atomic E-state index is 0.129. The first kappa shape index (κ1) is 19.7. The number of carbonyl (C=O) groups excluding carboxylic acids is 1. The van der Waals surface area contributed by atoms with Gasteiger partial charge < -0.3 is 10.4 Å². The second-order valence-electron chi connectivity index (χ2n) is 10.8. The quantitative estimate of drug-likeness (QED) is 0.740. The number of amides is 1. The van der Waals surface area contributed by atoms with Crippen molar-refractivity contribution < 1.29 is 9.90 Å². The molecule has 4 heteroatoms. The lowest BCUT2D eigenvalue weighted by Crippen LogP contribution is -2.65. The third-order valence-corrected chi connectivity index (χ3v) is 9.03. The van der Waals surface area contributed by atoms with E-state index in [4.69, 9.17) is 0 Å². The van der Waals surface area contributed by atoms with Crippen molar-refractivity contribution in [3.8, 4) is 0 Å². The normalized spacial score (nSPS) is 42.5. The Morgan fingerprint density at radius 3 is 2.44 bits per heavy atom. The van der Waals surface area contributed by atoms with E-state index in [1.54, 1.807) is 0 Å². The van der Waals surface area contributed by atoms with Gasteiger partial charge in [0.25, 0.3) is 0 Å².